The van der Waals surface area contributed by atoms with E-state index in [1.54, 1.807) is 35.2 Å². The second-order valence-corrected chi connectivity index (χ2v) is 8.15. The molecule has 1 saturated heterocycles. The first-order valence-electron chi connectivity index (χ1n) is 10.7. The zero-order valence-corrected chi connectivity index (χ0v) is 17.3. The predicted octanol–water partition coefficient (Wildman–Crippen LogP) is 4.07. The van der Waals surface area contributed by atoms with E-state index in [0.29, 0.717) is 42.6 Å². The summed E-state index contributed by atoms with van der Waals surface area (Å²) in [6.07, 6.45) is 1.17. The summed E-state index contributed by atoms with van der Waals surface area (Å²) < 4.78 is 13.9. The Kier molecular flexibility index (Phi) is 5.05. The quantitative estimate of drug-likeness (QED) is 0.535. The van der Waals surface area contributed by atoms with E-state index in [-0.39, 0.29) is 29.2 Å². The molecule has 0 atom stereocenters. The molecule has 1 N–H and O–H groups in total. The number of benzene rings is 3. The van der Waals surface area contributed by atoms with Crippen molar-refractivity contribution in [2.24, 2.45) is 0 Å². The fraction of sp³-hybridized carbons (Fsp3) is 0.192. The standard InChI is InChI=1S/C26H21FN2O3/c27-23-8-4-3-7-21(23)26(32)29-13-11-17(12-14-29)28-25(31)16-9-10-19-18-5-1-2-6-20(18)24(30)22(19)15-16/h1-10,15,17H,11-14H2,(H,28,31). The average molecular weight is 428 g/mol. The molecule has 5 nitrogen and oxygen atoms in total. The first kappa shape index (κ1) is 20.1. The molecule has 32 heavy (non-hydrogen) atoms. The maximum absolute atomic E-state index is 13.9. The lowest BCUT2D eigenvalue weighted by molar-refractivity contribution is 0.0693. The molecule has 5 rings (SSSR count). The Balaban J connectivity index is 1.23. The highest BCUT2D eigenvalue weighted by Crippen LogP contribution is 2.36. The number of fused-ring (bicyclic) bond motifs is 3. The van der Waals surface area contributed by atoms with Crippen LogP contribution in [-0.2, 0) is 0 Å². The van der Waals surface area contributed by atoms with Gasteiger partial charge in [-0.25, -0.2) is 4.39 Å². The summed E-state index contributed by atoms with van der Waals surface area (Å²) in [6, 6.07) is 18.5. The molecule has 2 aliphatic rings. The summed E-state index contributed by atoms with van der Waals surface area (Å²) in [5.74, 6) is -1.16. The van der Waals surface area contributed by atoms with Crippen LogP contribution in [0.1, 0.15) is 49.5 Å². The SMILES string of the molecule is O=C(NC1CCN(C(=O)c2ccccc2F)CC1)c1ccc2c(c1)C(=O)c1ccccc1-2. The first-order valence-corrected chi connectivity index (χ1v) is 10.7. The molecule has 1 heterocycles. The molecule has 160 valence electrons. The average Bonchev–Trinajstić information content (AvgIpc) is 3.11. The Bertz CT molecular complexity index is 1250. The van der Waals surface area contributed by atoms with E-state index in [2.05, 4.69) is 5.32 Å². The lowest BCUT2D eigenvalue weighted by Crippen LogP contribution is -2.46. The molecule has 0 aromatic heterocycles. The van der Waals surface area contributed by atoms with Gasteiger partial charge in [-0.15, -0.1) is 0 Å². The summed E-state index contributed by atoms with van der Waals surface area (Å²) in [5.41, 5.74) is 3.46. The number of carbonyl (C=O) groups excluding carboxylic acids is 3. The van der Waals surface area contributed by atoms with Crippen LogP contribution in [0.25, 0.3) is 11.1 Å². The lowest BCUT2D eigenvalue weighted by atomic mass is 10.0. The third-order valence-electron chi connectivity index (χ3n) is 6.21. The third kappa shape index (κ3) is 3.47. The van der Waals surface area contributed by atoms with E-state index in [1.807, 2.05) is 24.3 Å². The van der Waals surface area contributed by atoms with Crippen molar-refractivity contribution in [1.82, 2.24) is 10.2 Å². The van der Waals surface area contributed by atoms with Gasteiger partial charge in [-0.3, -0.25) is 14.4 Å². The van der Waals surface area contributed by atoms with Crippen LogP contribution in [0.3, 0.4) is 0 Å². The number of hydrogen-bond acceptors (Lipinski definition) is 3. The normalized spacial score (nSPS) is 15.3. The number of ketones is 1. The summed E-state index contributed by atoms with van der Waals surface area (Å²) in [7, 11) is 0. The van der Waals surface area contributed by atoms with Crippen molar-refractivity contribution < 1.29 is 18.8 Å². The van der Waals surface area contributed by atoms with Gasteiger partial charge in [-0.05, 0) is 48.2 Å². The second kappa shape index (κ2) is 8.04. The highest BCUT2D eigenvalue weighted by Gasteiger charge is 2.29. The first-order chi connectivity index (χ1) is 15.5. The van der Waals surface area contributed by atoms with Gasteiger partial charge in [0.05, 0.1) is 5.56 Å². The topological polar surface area (TPSA) is 66.5 Å². The number of nitrogens with one attached hydrogen (secondary N) is 1. The van der Waals surface area contributed by atoms with Gasteiger partial charge in [-0.2, -0.15) is 0 Å². The molecule has 1 aliphatic heterocycles. The van der Waals surface area contributed by atoms with E-state index in [0.717, 1.165) is 11.1 Å². The Morgan fingerprint density at radius 1 is 0.844 bits per heavy atom. The van der Waals surface area contributed by atoms with Crippen LogP contribution >= 0.6 is 0 Å². The zero-order valence-electron chi connectivity index (χ0n) is 17.3. The summed E-state index contributed by atoms with van der Waals surface area (Å²) in [6.45, 7) is 0.881. The van der Waals surface area contributed by atoms with E-state index >= 15 is 0 Å². The highest BCUT2D eigenvalue weighted by molar-refractivity contribution is 6.22. The van der Waals surface area contributed by atoms with Crippen LogP contribution in [0, 0.1) is 5.82 Å². The smallest absolute Gasteiger partial charge is 0.256 e. The van der Waals surface area contributed by atoms with Gasteiger partial charge in [0, 0.05) is 35.8 Å². The number of amides is 2. The molecule has 3 aromatic carbocycles. The number of nitrogens with zero attached hydrogens (tertiary/aromatic N) is 1. The van der Waals surface area contributed by atoms with E-state index in [4.69, 9.17) is 0 Å². The largest absolute Gasteiger partial charge is 0.349 e. The summed E-state index contributed by atoms with van der Waals surface area (Å²) in [4.78, 5) is 39.7. The Morgan fingerprint density at radius 3 is 2.25 bits per heavy atom. The molecule has 0 radical (unpaired) electrons. The molecule has 1 aliphatic carbocycles. The van der Waals surface area contributed by atoms with Crippen LogP contribution in [0.5, 0.6) is 0 Å². The highest BCUT2D eigenvalue weighted by atomic mass is 19.1. The molecule has 0 unspecified atom stereocenters. The van der Waals surface area contributed by atoms with Gasteiger partial charge >= 0.3 is 0 Å². The Morgan fingerprint density at radius 2 is 1.50 bits per heavy atom. The summed E-state index contributed by atoms with van der Waals surface area (Å²) >= 11 is 0. The number of hydrogen-bond donors (Lipinski definition) is 1. The number of piperidine rings is 1. The molecule has 0 bridgehead atoms. The maximum Gasteiger partial charge on any atom is 0.256 e. The fourth-order valence-corrected chi connectivity index (χ4v) is 4.47. The van der Waals surface area contributed by atoms with Crippen molar-refractivity contribution in [3.05, 3.63) is 94.8 Å². The van der Waals surface area contributed by atoms with Crippen molar-refractivity contribution >= 4 is 17.6 Å². The number of halogens is 1. The molecule has 2 amide bonds. The van der Waals surface area contributed by atoms with Crippen LogP contribution in [-0.4, -0.2) is 41.6 Å². The van der Waals surface area contributed by atoms with E-state index < -0.39 is 5.82 Å². The van der Waals surface area contributed by atoms with Gasteiger partial charge < -0.3 is 10.2 Å². The van der Waals surface area contributed by atoms with Crippen molar-refractivity contribution in [2.75, 3.05) is 13.1 Å². The molecular weight excluding hydrogens is 407 g/mol. The maximum atomic E-state index is 13.9. The van der Waals surface area contributed by atoms with E-state index in [9.17, 15) is 18.8 Å². The van der Waals surface area contributed by atoms with Crippen molar-refractivity contribution in [3.8, 4) is 11.1 Å². The monoisotopic (exact) mass is 428 g/mol. The van der Waals surface area contributed by atoms with Crippen LogP contribution < -0.4 is 5.32 Å². The minimum absolute atomic E-state index is 0.0646. The van der Waals surface area contributed by atoms with Crippen molar-refractivity contribution in [2.45, 2.75) is 18.9 Å². The van der Waals surface area contributed by atoms with Gasteiger partial charge in [0.2, 0.25) is 0 Å². The minimum atomic E-state index is -0.527. The van der Waals surface area contributed by atoms with Crippen molar-refractivity contribution in [1.29, 1.82) is 0 Å². The zero-order chi connectivity index (χ0) is 22.2. The number of likely N-dealkylation sites (tertiary alicyclic amines) is 1. The van der Waals surface area contributed by atoms with Crippen molar-refractivity contribution in [3.63, 3.8) is 0 Å². The van der Waals surface area contributed by atoms with Gasteiger partial charge in [0.15, 0.2) is 5.78 Å². The molecule has 1 fully saturated rings. The fourth-order valence-electron chi connectivity index (χ4n) is 4.47. The molecule has 0 saturated carbocycles. The summed E-state index contributed by atoms with van der Waals surface area (Å²) in [5, 5.41) is 3.01. The third-order valence-corrected chi connectivity index (χ3v) is 6.21. The van der Waals surface area contributed by atoms with Gasteiger partial charge in [0.1, 0.15) is 5.82 Å². The Labute approximate surface area is 184 Å². The van der Waals surface area contributed by atoms with Crippen LogP contribution in [0.2, 0.25) is 0 Å². The van der Waals surface area contributed by atoms with E-state index in [1.165, 1.54) is 12.1 Å². The molecular formula is C26H21FN2O3. The molecule has 6 heteroatoms. The van der Waals surface area contributed by atoms with Crippen LogP contribution in [0.4, 0.5) is 4.39 Å². The number of carbonyl (C=O) groups is 3. The Hall–Kier alpha value is -3.80. The number of rotatable bonds is 3. The minimum Gasteiger partial charge on any atom is -0.349 e. The van der Waals surface area contributed by atoms with Crippen LogP contribution in [0.15, 0.2) is 66.7 Å². The molecule has 3 aromatic rings. The second-order valence-electron chi connectivity index (χ2n) is 8.15. The van der Waals surface area contributed by atoms with Gasteiger partial charge in [0.25, 0.3) is 11.8 Å². The lowest BCUT2D eigenvalue weighted by Gasteiger charge is -2.32. The van der Waals surface area contributed by atoms with Gasteiger partial charge in [-0.1, -0.05) is 42.5 Å². The predicted molar refractivity (Wildman–Crippen MR) is 118 cm³/mol. The molecule has 0 spiro atoms.